The van der Waals surface area contributed by atoms with Gasteiger partial charge in [0.15, 0.2) is 0 Å². The van der Waals surface area contributed by atoms with Gasteiger partial charge in [0, 0.05) is 37.1 Å². The number of anilines is 1. The molecule has 0 unspecified atom stereocenters. The number of aromatic nitrogens is 1. The van der Waals surface area contributed by atoms with Crippen LogP contribution >= 0.6 is 0 Å². The van der Waals surface area contributed by atoms with E-state index < -0.39 is 0 Å². The van der Waals surface area contributed by atoms with Crippen LogP contribution in [0, 0.1) is 20.8 Å². The van der Waals surface area contributed by atoms with E-state index in [4.69, 9.17) is 9.72 Å². The van der Waals surface area contributed by atoms with Crippen LogP contribution in [-0.4, -0.2) is 49.1 Å². The minimum absolute atomic E-state index is 0.108. The molecular formula is C24H27N3O2. The zero-order chi connectivity index (χ0) is 20.5. The van der Waals surface area contributed by atoms with Crippen LogP contribution in [0.25, 0.3) is 10.9 Å². The van der Waals surface area contributed by atoms with E-state index in [1.165, 1.54) is 11.1 Å². The van der Waals surface area contributed by atoms with Crippen molar-refractivity contribution in [3.63, 3.8) is 0 Å². The van der Waals surface area contributed by atoms with Gasteiger partial charge in [-0.3, -0.25) is 4.79 Å². The van der Waals surface area contributed by atoms with E-state index in [0.29, 0.717) is 13.1 Å². The van der Waals surface area contributed by atoms with Gasteiger partial charge in [-0.15, -0.1) is 0 Å². The maximum Gasteiger partial charge on any atom is 0.253 e. The second-order valence-corrected chi connectivity index (χ2v) is 7.73. The van der Waals surface area contributed by atoms with Crippen LogP contribution in [0.1, 0.15) is 27.0 Å². The van der Waals surface area contributed by atoms with Gasteiger partial charge in [-0.2, -0.15) is 0 Å². The SMILES string of the molecule is COc1cccc2c(C)cc(N3CCN(C(=O)c4ccc(C)c(C)c4)CC3)nc12. The molecule has 0 saturated carbocycles. The van der Waals surface area contributed by atoms with E-state index >= 15 is 0 Å². The third kappa shape index (κ3) is 3.65. The molecule has 0 aliphatic carbocycles. The molecule has 1 aliphatic rings. The highest BCUT2D eigenvalue weighted by Crippen LogP contribution is 2.29. The summed E-state index contributed by atoms with van der Waals surface area (Å²) in [5, 5.41) is 1.11. The van der Waals surface area contributed by atoms with Crippen molar-refractivity contribution in [1.82, 2.24) is 9.88 Å². The summed E-state index contributed by atoms with van der Waals surface area (Å²) < 4.78 is 5.51. The number of fused-ring (bicyclic) bond motifs is 1. The van der Waals surface area contributed by atoms with Gasteiger partial charge in [-0.25, -0.2) is 4.98 Å². The Bertz CT molecular complexity index is 1070. The number of methoxy groups -OCH3 is 1. The molecule has 1 aliphatic heterocycles. The van der Waals surface area contributed by atoms with Crippen molar-refractivity contribution in [1.29, 1.82) is 0 Å². The van der Waals surface area contributed by atoms with Gasteiger partial charge in [-0.05, 0) is 61.7 Å². The predicted octanol–water partition coefficient (Wildman–Crippen LogP) is 4.13. The lowest BCUT2D eigenvalue weighted by atomic mass is 10.1. The molecule has 150 valence electrons. The maximum absolute atomic E-state index is 12.9. The maximum atomic E-state index is 12.9. The first-order valence-electron chi connectivity index (χ1n) is 10.0. The van der Waals surface area contributed by atoms with Gasteiger partial charge in [0.25, 0.3) is 5.91 Å². The number of piperazine rings is 1. The van der Waals surface area contributed by atoms with E-state index in [2.05, 4.69) is 30.9 Å². The third-order valence-electron chi connectivity index (χ3n) is 5.86. The highest BCUT2D eigenvalue weighted by atomic mass is 16.5. The molecule has 0 N–H and O–H groups in total. The number of hydrogen-bond acceptors (Lipinski definition) is 4. The molecule has 1 amide bonds. The number of hydrogen-bond donors (Lipinski definition) is 0. The highest BCUT2D eigenvalue weighted by molar-refractivity contribution is 5.94. The molecule has 4 rings (SSSR count). The molecule has 0 radical (unpaired) electrons. The smallest absolute Gasteiger partial charge is 0.253 e. The van der Waals surface area contributed by atoms with E-state index in [-0.39, 0.29) is 5.91 Å². The molecule has 1 fully saturated rings. The zero-order valence-corrected chi connectivity index (χ0v) is 17.5. The molecule has 0 atom stereocenters. The first-order valence-corrected chi connectivity index (χ1v) is 10.0. The predicted molar refractivity (Wildman–Crippen MR) is 117 cm³/mol. The number of para-hydroxylation sites is 1. The van der Waals surface area contributed by atoms with Gasteiger partial charge in [0.1, 0.15) is 17.1 Å². The van der Waals surface area contributed by atoms with Gasteiger partial charge >= 0.3 is 0 Å². The normalized spacial score (nSPS) is 14.3. The van der Waals surface area contributed by atoms with Crippen LogP contribution in [0.15, 0.2) is 42.5 Å². The van der Waals surface area contributed by atoms with Crippen LogP contribution in [0.2, 0.25) is 0 Å². The minimum atomic E-state index is 0.108. The third-order valence-corrected chi connectivity index (χ3v) is 5.86. The molecule has 5 nitrogen and oxygen atoms in total. The molecule has 29 heavy (non-hydrogen) atoms. The molecule has 5 heteroatoms. The molecule has 1 saturated heterocycles. The molecule has 3 aromatic rings. The summed E-state index contributed by atoms with van der Waals surface area (Å²) in [7, 11) is 1.68. The average Bonchev–Trinajstić information content (AvgIpc) is 2.75. The summed E-state index contributed by atoms with van der Waals surface area (Å²) in [6, 6.07) is 14.1. The number of nitrogens with zero attached hydrogens (tertiary/aromatic N) is 3. The first-order chi connectivity index (χ1) is 14.0. The zero-order valence-electron chi connectivity index (χ0n) is 17.5. The summed E-state index contributed by atoms with van der Waals surface area (Å²) in [6.07, 6.45) is 0. The van der Waals surface area contributed by atoms with E-state index in [0.717, 1.165) is 46.7 Å². The standard InChI is InChI=1S/C24H27N3O2/c1-16-8-9-19(14-17(16)2)24(28)27-12-10-26(11-13-27)22-15-18(3)20-6-5-7-21(29-4)23(20)25-22/h5-9,14-15H,10-13H2,1-4H3. The summed E-state index contributed by atoms with van der Waals surface area (Å²) in [6.45, 7) is 9.13. The van der Waals surface area contributed by atoms with Crippen molar-refractivity contribution in [2.24, 2.45) is 0 Å². The van der Waals surface area contributed by atoms with Gasteiger partial charge in [0.05, 0.1) is 7.11 Å². The molecule has 2 heterocycles. The topological polar surface area (TPSA) is 45.7 Å². The largest absolute Gasteiger partial charge is 0.494 e. The van der Waals surface area contributed by atoms with E-state index in [1.807, 2.05) is 42.2 Å². The summed E-state index contributed by atoms with van der Waals surface area (Å²) >= 11 is 0. The lowest BCUT2D eigenvalue weighted by Crippen LogP contribution is -2.49. The summed E-state index contributed by atoms with van der Waals surface area (Å²) in [5.41, 5.74) is 5.20. The second-order valence-electron chi connectivity index (χ2n) is 7.73. The first kappa shape index (κ1) is 19.2. The Morgan fingerprint density at radius 3 is 2.38 bits per heavy atom. The number of rotatable bonds is 3. The van der Waals surface area contributed by atoms with Crippen molar-refractivity contribution in [3.8, 4) is 5.75 Å². The van der Waals surface area contributed by atoms with Crippen LogP contribution in [0.4, 0.5) is 5.82 Å². The average molecular weight is 389 g/mol. The Kier molecular flexibility index (Phi) is 5.14. The van der Waals surface area contributed by atoms with E-state index in [1.54, 1.807) is 7.11 Å². The molecule has 0 bridgehead atoms. The lowest BCUT2D eigenvalue weighted by molar-refractivity contribution is 0.0746. The Labute approximate surface area is 171 Å². The van der Waals surface area contributed by atoms with E-state index in [9.17, 15) is 4.79 Å². The van der Waals surface area contributed by atoms with Crippen molar-refractivity contribution in [3.05, 3.63) is 64.7 Å². The fraction of sp³-hybridized carbons (Fsp3) is 0.333. The Balaban J connectivity index is 1.52. The lowest BCUT2D eigenvalue weighted by Gasteiger charge is -2.35. The molecular weight excluding hydrogens is 362 g/mol. The number of benzene rings is 2. The van der Waals surface area contributed by atoms with Crippen LogP contribution < -0.4 is 9.64 Å². The fourth-order valence-electron chi connectivity index (χ4n) is 3.90. The number of carbonyl (C=O) groups is 1. The number of carbonyl (C=O) groups excluding carboxylic acids is 1. The Morgan fingerprint density at radius 2 is 1.69 bits per heavy atom. The van der Waals surface area contributed by atoms with Gasteiger partial charge in [-0.1, -0.05) is 18.2 Å². The molecule has 2 aromatic carbocycles. The van der Waals surface area contributed by atoms with Crippen molar-refractivity contribution in [2.75, 3.05) is 38.2 Å². The summed E-state index contributed by atoms with van der Waals surface area (Å²) in [4.78, 5) is 22.0. The number of ether oxygens (including phenoxy) is 1. The minimum Gasteiger partial charge on any atom is -0.494 e. The van der Waals surface area contributed by atoms with Gasteiger partial charge < -0.3 is 14.5 Å². The Morgan fingerprint density at radius 1 is 0.931 bits per heavy atom. The van der Waals surface area contributed by atoms with Crippen LogP contribution in [0.3, 0.4) is 0 Å². The van der Waals surface area contributed by atoms with Crippen molar-refractivity contribution < 1.29 is 9.53 Å². The molecule has 1 aromatic heterocycles. The number of aryl methyl sites for hydroxylation is 3. The quantitative estimate of drug-likeness (QED) is 0.676. The van der Waals surface area contributed by atoms with Gasteiger partial charge in [0.2, 0.25) is 0 Å². The number of pyridine rings is 1. The van der Waals surface area contributed by atoms with Crippen molar-refractivity contribution >= 4 is 22.6 Å². The summed E-state index contributed by atoms with van der Waals surface area (Å²) in [5.74, 6) is 1.84. The monoisotopic (exact) mass is 389 g/mol. The van der Waals surface area contributed by atoms with Crippen LogP contribution in [-0.2, 0) is 0 Å². The fourth-order valence-corrected chi connectivity index (χ4v) is 3.90. The Hall–Kier alpha value is -3.08. The van der Waals surface area contributed by atoms with Crippen molar-refractivity contribution in [2.45, 2.75) is 20.8 Å². The molecule has 0 spiro atoms. The highest BCUT2D eigenvalue weighted by Gasteiger charge is 2.23. The van der Waals surface area contributed by atoms with Crippen LogP contribution in [0.5, 0.6) is 5.75 Å². The second kappa shape index (κ2) is 7.74. The number of amides is 1.